The highest BCUT2D eigenvalue weighted by Crippen LogP contribution is 1.80. The molecule has 0 fully saturated rings. The van der Waals surface area contributed by atoms with E-state index in [1.54, 1.807) is 0 Å². The van der Waals surface area contributed by atoms with Crippen molar-refractivity contribution in [1.29, 1.82) is 0 Å². The summed E-state index contributed by atoms with van der Waals surface area (Å²) in [5.41, 5.74) is 0. The molecule has 0 amide bonds. The summed E-state index contributed by atoms with van der Waals surface area (Å²) in [6, 6.07) is 0.338. The fourth-order valence-corrected chi connectivity index (χ4v) is 0.180. The molecule has 0 radical (unpaired) electrons. The van der Waals surface area contributed by atoms with Crippen LogP contribution < -0.4 is 0 Å². The maximum Gasteiger partial charge on any atom is 0.109 e. The molecule has 2 heteroatoms. The quantitative estimate of drug-likeness (QED) is 0.365. The zero-order valence-electron chi connectivity index (χ0n) is 4.76. The van der Waals surface area contributed by atoms with Crippen LogP contribution in [-0.4, -0.2) is 19.1 Å². The predicted molar refractivity (Wildman–Crippen MR) is 33.2 cm³/mol. The molecule has 0 aliphatic carbocycles. The van der Waals surface area contributed by atoms with Gasteiger partial charge in [-0.05, 0) is 20.6 Å². The molecule has 0 spiro atoms. The highest BCUT2D eigenvalue weighted by Gasteiger charge is 1.78. The van der Waals surface area contributed by atoms with Crippen molar-refractivity contribution in [2.24, 2.45) is 9.98 Å². The molecule has 0 aromatic carbocycles. The third-order valence-electron chi connectivity index (χ3n) is 0.446. The molecule has 7 heavy (non-hydrogen) atoms. The maximum absolute atomic E-state index is 3.89. The lowest BCUT2D eigenvalue weighted by molar-refractivity contribution is 0.839. The van der Waals surface area contributed by atoms with E-state index < -0.39 is 0 Å². The highest BCUT2D eigenvalue weighted by molar-refractivity contribution is 5.61. The van der Waals surface area contributed by atoms with Crippen LogP contribution in [0.3, 0.4) is 0 Å². The van der Waals surface area contributed by atoms with Crippen LogP contribution in [0.5, 0.6) is 0 Å². The fraction of sp³-hybridized carbons (Fsp3) is 0.600. The van der Waals surface area contributed by atoms with Crippen LogP contribution >= 0.6 is 0 Å². The Balaban J connectivity index is 3.25. The van der Waals surface area contributed by atoms with E-state index in [0.717, 1.165) is 0 Å². The van der Waals surface area contributed by atoms with E-state index in [4.69, 9.17) is 0 Å². The second-order valence-corrected chi connectivity index (χ2v) is 1.54. The highest BCUT2D eigenvalue weighted by atomic mass is 14.9. The Morgan fingerprint density at radius 3 is 2.29 bits per heavy atom. The smallest absolute Gasteiger partial charge is 0.109 e. The van der Waals surface area contributed by atoms with Crippen molar-refractivity contribution < 1.29 is 0 Å². The van der Waals surface area contributed by atoms with Gasteiger partial charge in [0.05, 0.1) is 0 Å². The Labute approximate surface area is 44.0 Å². The molecule has 40 valence electrons. The minimum absolute atomic E-state index is 0.338. The molecule has 0 saturated carbocycles. The largest absolute Gasteiger partial charge is 0.271 e. The minimum Gasteiger partial charge on any atom is -0.271 e. The molecule has 0 N–H and O–H groups in total. The summed E-state index contributed by atoms with van der Waals surface area (Å²) in [7, 11) is 0. The lowest BCUT2D eigenvalue weighted by atomic mass is 10.4. The predicted octanol–water partition coefficient (Wildman–Crippen LogP) is 1.12. The molecule has 0 bridgehead atoms. The number of nitrogens with zero attached hydrogens (tertiary/aromatic N) is 2. The van der Waals surface area contributed by atoms with E-state index in [1.807, 2.05) is 13.8 Å². The zero-order valence-corrected chi connectivity index (χ0v) is 4.76. The van der Waals surface area contributed by atoms with E-state index in [0.29, 0.717) is 6.04 Å². The van der Waals surface area contributed by atoms with Gasteiger partial charge in [0.25, 0.3) is 0 Å². The Bertz CT molecular complexity index is 74.1. The first kappa shape index (κ1) is 6.34. The standard InChI is InChI=1S/C5H10N2/c1-5(2)7-4-6-3/h4-5H,3H2,1-2H3/b7-4-. The lowest BCUT2D eigenvalue weighted by Crippen LogP contribution is -1.85. The molecule has 0 heterocycles. The van der Waals surface area contributed by atoms with Gasteiger partial charge in [0.2, 0.25) is 0 Å². The van der Waals surface area contributed by atoms with Crippen molar-refractivity contribution in [2.45, 2.75) is 19.9 Å². The molecule has 2 nitrogen and oxygen atoms in total. The van der Waals surface area contributed by atoms with E-state index in [2.05, 4.69) is 16.7 Å². The Kier molecular flexibility index (Phi) is 3.19. The average molecular weight is 98.1 g/mol. The van der Waals surface area contributed by atoms with Gasteiger partial charge in [-0.2, -0.15) is 0 Å². The summed E-state index contributed by atoms with van der Waals surface area (Å²) in [6.07, 6.45) is 1.46. The van der Waals surface area contributed by atoms with Crippen LogP contribution in [0.4, 0.5) is 0 Å². The zero-order chi connectivity index (χ0) is 5.70. The first-order valence-corrected chi connectivity index (χ1v) is 2.25. The van der Waals surface area contributed by atoms with Gasteiger partial charge in [-0.3, -0.25) is 9.98 Å². The lowest BCUT2D eigenvalue weighted by Gasteiger charge is -1.87. The van der Waals surface area contributed by atoms with E-state index in [1.165, 1.54) is 6.34 Å². The normalized spacial score (nSPS) is 10.7. The number of hydrogen-bond acceptors (Lipinski definition) is 1. The van der Waals surface area contributed by atoms with Gasteiger partial charge in [0, 0.05) is 6.04 Å². The molecule has 0 rings (SSSR count). The Hall–Kier alpha value is -0.660. The van der Waals surface area contributed by atoms with Gasteiger partial charge in [-0.25, -0.2) is 0 Å². The molecular weight excluding hydrogens is 88.1 g/mol. The van der Waals surface area contributed by atoms with Gasteiger partial charge in [0.15, 0.2) is 0 Å². The topological polar surface area (TPSA) is 24.7 Å². The summed E-state index contributed by atoms with van der Waals surface area (Å²) in [6.45, 7) is 7.21. The summed E-state index contributed by atoms with van der Waals surface area (Å²) < 4.78 is 0. The third-order valence-corrected chi connectivity index (χ3v) is 0.446. The van der Waals surface area contributed by atoms with Crippen LogP contribution in [-0.2, 0) is 0 Å². The van der Waals surface area contributed by atoms with Crippen LogP contribution in [0, 0.1) is 0 Å². The minimum atomic E-state index is 0.338. The van der Waals surface area contributed by atoms with Crippen molar-refractivity contribution in [3.05, 3.63) is 0 Å². The second-order valence-electron chi connectivity index (χ2n) is 1.54. The van der Waals surface area contributed by atoms with E-state index >= 15 is 0 Å². The van der Waals surface area contributed by atoms with E-state index in [-0.39, 0.29) is 0 Å². The summed E-state index contributed by atoms with van der Waals surface area (Å²) in [5.74, 6) is 0. The molecule has 0 aromatic rings. The second kappa shape index (κ2) is 3.53. The van der Waals surface area contributed by atoms with Crippen LogP contribution in [0.15, 0.2) is 9.98 Å². The van der Waals surface area contributed by atoms with Crippen molar-refractivity contribution in [3.63, 3.8) is 0 Å². The molecule has 0 unspecified atom stereocenters. The monoisotopic (exact) mass is 98.1 g/mol. The first-order valence-electron chi connectivity index (χ1n) is 2.25. The molecule has 0 aliphatic rings. The number of hydrogen-bond donors (Lipinski definition) is 0. The van der Waals surface area contributed by atoms with Gasteiger partial charge >= 0.3 is 0 Å². The fourth-order valence-electron chi connectivity index (χ4n) is 0.180. The van der Waals surface area contributed by atoms with Crippen molar-refractivity contribution in [3.8, 4) is 0 Å². The molecule has 0 atom stereocenters. The van der Waals surface area contributed by atoms with Crippen LogP contribution in [0.2, 0.25) is 0 Å². The SMILES string of the molecule is C=N/C=N\C(C)C. The van der Waals surface area contributed by atoms with Gasteiger partial charge in [-0.15, -0.1) is 0 Å². The Morgan fingerprint density at radius 2 is 2.14 bits per heavy atom. The molecule has 0 aromatic heterocycles. The third kappa shape index (κ3) is 5.34. The van der Waals surface area contributed by atoms with Gasteiger partial charge in [0.1, 0.15) is 6.34 Å². The summed E-state index contributed by atoms with van der Waals surface area (Å²) >= 11 is 0. The van der Waals surface area contributed by atoms with Crippen LogP contribution in [0.1, 0.15) is 13.8 Å². The van der Waals surface area contributed by atoms with Crippen molar-refractivity contribution >= 4 is 13.1 Å². The molecular formula is C5H10N2. The Morgan fingerprint density at radius 1 is 1.57 bits per heavy atom. The molecule has 0 saturated heterocycles. The maximum atomic E-state index is 3.89. The number of rotatable bonds is 2. The van der Waals surface area contributed by atoms with E-state index in [9.17, 15) is 0 Å². The van der Waals surface area contributed by atoms with Crippen LogP contribution in [0.25, 0.3) is 0 Å². The van der Waals surface area contributed by atoms with Crippen molar-refractivity contribution in [1.82, 2.24) is 0 Å². The van der Waals surface area contributed by atoms with Gasteiger partial charge < -0.3 is 0 Å². The van der Waals surface area contributed by atoms with Gasteiger partial charge in [-0.1, -0.05) is 0 Å². The number of aliphatic imine (C=N–C) groups is 2. The average Bonchev–Trinajstić information content (AvgIpc) is 1.61. The summed E-state index contributed by atoms with van der Waals surface area (Å²) in [4.78, 5) is 7.32. The summed E-state index contributed by atoms with van der Waals surface area (Å²) in [5, 5.41) is 0. The molecule has 0 aliphatic heterocycles. The van der Waals surface area contributed by atoms with Crippen molar-refractivity contribution in [2.75, 3.05) is 0 Å². The first-order chi connectivity index (χ1) is 3.27.